The third-order valence-corrected chi connectivity index (χ3v) is 5.94. The Labute approximate surface area is 147 Å². The molecular weight excluding hydrogens is 316 g/mol. The van der Waals surface area contributed by atoms with Crippen molar-refractivity contribution in [2.45, 2.75) is 31.8 Å². The van der Waals surface area contributed by atoms with Gasteiger partial charge in [0.05, 0.1) is 5.52 Å². The number of rotatable bonds is 1. The minimum atomic E-state index is 0.538. The van der Waals surface area contributed by atoms with E-state index in [0.717, 1.165) is 37.5 Å². The maximum absolute atomic E-state index is 6.49. The summed E-state index contributed by atoms with van der Waals surface area (Å²) in [5.41, 5.74) is 7.32. The van der Waals surface area contributed by atoms with Crippen LogP contribution >= 0.6 is 11.6 Å². The van der Waals surface area contributed by atoms with Crippen molar-refractivity contribution in [3.8, 4) is 0 Å². The molecule has 0 amide bonds. The zero-order chi connectivity index (χ0) is 16.3. The Hall–Kier alpha value is -1.77. The Morgan fingerprint density at radius 1 is 1.12 bits per heavy atom. The summed E-state index contributed by atoms with van der Waals surface area (Å²) in [4.78, 5) is 2.42. The highest BCUT2D eigenvalue weighted by Gasteiger charge is 2.29. The van der Waals surface area contributed by atoms with Gasteiger partial charge in [0.2, 0.25) is 0 Å². The highest BCUT2D eigenvalue weighted by atomic mass is 35.5. The first kappa shape index (κ1) is 14.6. The van der Waals surface area contributed by atoms with Crippen LogP contribution in [0.2, 0.25) is 5.02 Å². The van der Waals surface area contributed by atoms with E-state index in [9.17, 15) is 0 Å². The van der Waals surface area contributed by atoms with Gasteiger partial charge in [-0.05, 0) is 42.3 Å². The Morgan fingerprint density at radius 2 is 1.96 bits per heavy atom. The van der Waals surface area contributed by atoms with E-state index in [-0.39, 0.29) is 0 Å². The molecule has 2 aliphatic heterocycles. The van der Waals surface area contributed by atoms with Crippen molar-refractivity contribution in [3.63, 3.8) is 0 Å². The second-order valence-corrected chi connectivity index (χ2v) is 7.73. The number of aromatic nitrogens is 1. The van der Waals surface area contributed by atoms with Crippen molar-refractivity contribution in [2.24, 2.45) is 0 Å². The molecule has 3 aromatic rings. The quantitative estimate of drug-likeness (QED) is 0.629. The average Bonchev–Trinajstić information content (AvgIpc) is 2.90. The van der Waals surface area contributed by atoms with Gasteiger partial charge < -0.3 is 9.47 Å². The van der Waals surface area contributed by atoms with Gasteiger partial charge in [-0.2, -0.15) is 0 Å². The highest BCUT2D eigenvalue weighted by molar-refractivity contribution is 6.31. The first-order valence-corrected chi connectivity index (χ1v) is 9.14. The van der Waals surface area contributed by atoms with Gasteiger partial charge in [0.25, 0.3) is 0 Å². The second kappa shape index (κ2) is 5.37. The van der Waals surface area contributed by atoms with Crippen molar-refractivity contribution in [1.82, 2.24) is 9.47 Å². The highest BCUT2D eigenvalue weighted by Crippen LogP contribution is 2.40. The molecule has 3 heterocycles. The van der Waals surface area contributed by atoms with E-state index in [1.54, 1.807) is 0 Å². The van der Waals surface area contributed by atoms with Crippen LogP contribution in [0.4, 0.5) is 0 Å². The van der Waals surface area contributed by atoms with Gasteiger partial charge >= 0.3 is 0 Å². The molecule has 3 heteroatoms. The summed E-state index contributed by atoms with van der Waals surface area (Å²) in [5, 5.41) is 2.25. The fraction of sp³-hybridized carbons (Fsp3) is 0.333. The molecule has 1 unspecified atom stereocenters. The summed E-state index contributed by atoms with van der Waals surface area (Å²) < 4.78 is 2.60. The van der Waals surface area contributed by atoms with E-state index in [1.807, 2.05) is 0 Å². The smallest absolute Gasteiger partial charge is 0.0519 e. The molecule has 2 nitrogen and oxygen atoms in total. The summed E-state index contributed by atoms with van der Waals surface area (Å²) in [7, 11) is 2.21. The molecular formula is C21H21ClN2. The largest absolute Gasteiger partial charge is 0.343 e. The summed E-state index contributed by atoms with van der Waals surface area (Å²) in [6.07, 6.45) is 2.22. The lowest BCUT2D eigenvalue weighted by atomic mass is 9.88. The van der Waals surface area contributed by atoms with Gasteiger partial charge in [-0.25, -0.2) is 0 Å². The molecule has 0 saturated heterocycles. The van der Waals surface area contributed by atoms with Crippen LogP contribution in [0.3, 0.4) is 0 Å². The van der Waals surface area contributed by atoms with Gasteiger partial charge in [0, 0.05) is 48.1 Å². The molecule has 0 N–H and O–H groups in total. The zero-order valence-corrected chi connectivity index (χ0v) is 14.7. The monoisotopic (exact) mass is 336 g/mol. The zero-order valence-electron chi connectivity index (χ0n) is 13.9. The molecule has 1 aromatic heterocycles. The number of halogens is 1. The van der Waals surface area contributed by atoms with E-state index in [1.165, 1.54) is 33.3 Å². The molecule has 0 spiro atoms. The van der Waals surface area contributed by atoms with Gasteiger partial charge in [-0.3, -0.25) is 0 Å². The maximum atomic E-state index is 6.49. The molecule has 2 aromatic carbocycles. The van der Waals surface area contributed by atoms with Gasteiger partial charge in [-0.15, -0.1) is 0 Å². The minimum Gasteiger partial charge on any atom is -0.343 e. The average molecular weight is 337 g/mol. The first-order valence-electron chi connectivity index (χ1n) is 8.76. The molecule has 0 aliphatic carbocycles. The predicted molar refractivity (Wildman–Crippen MR) is 99.9 cm³/mol. The number of hydrogen-bond acceptors (Lipinski definition) is 1. The van der Waals surface area contributed by atoms with E-state index in [4.69, 9.17) is 11.6 Å². The topological polar surface area (TPSA) is 8.17 Å². The van der Waals surface area contributed by atoms with Crippen molar-refractivity contribution >= 4 is 22.5 Å². The van der Waals surface area contributed by atoms with Gasteiger partial charge in [-0.1, -0.05) is 41.9 Å². The number of hydrogen-bond donors (Lipinski definition) is 0. The van der Waals surface area contributed by atoms with E-state index in [0.29, 0.717) is 5.92 Å². The SMILES string of the molecule is CN1CCc2c(c3cc(Cl)cc4c3n2CC(c2ccccc2)C4)C1. The molecule has 0 radical (unpaired) electrons. The number of benzene rings is 2. The summed E-state index contributed by atoms with van der Waals surface area (Å²) in [6.45, 7) is 3.27. The Balaban J connectivity index is 1.72. The minimum absolute atomic E-state index is 0.538. The van der Waals surface area contributed by atoms with Gasteiger partial charge in [0.1, 0.15) is 0 Å². The molecule has 24 heavy (non-hydrogen) atoms. The molecule has 1 atom stereocenters. The van der Waals surface area contributed by atoms with Crippen molar-refractivity contribution in [2.75, 3.05) is 13.6 Å². The lowest BCUT2D eigenvalue weighted by molar-refractivity contribution is 0.308. The van der Waals surface area contributed by atoms with Crippen molar-refractivity contribution < 1.29 is 0 Å². The second-order valence-electron chi connectivity index (χ2n) is 7.30. The molecule has 122 valence electrons. The molecule has 2 aliphatic rings. The normalized spacial score (nSPS) is 20.3. The lowest BCUT2D eigenvalue weighted by Gasteiger charge is -2.28. The third-order valence-electron chi connectivity index (χ3n) is 5.72. The summed E-state index contributed by atoms with van der Waals surface area (Å²) in [6, 6.07) is 15.3. The summed E-state index contributed by atoms with van der Waals surface area (Å²) in [5.74, 6) is 0.538. The van der Waals surface area contributed by atoms with E-state index >= 15 is 0 Å². The van der Waals surface area contributed by atoms with Crippen molar-refractivity contribution in [1.29, 1.82) is 0 Å². The number of likely N-dealkylation sites (N-methyl/N-ethyl adjacent to an activating group) is 1. The third kappa shape index (κ3) is 2.13. The predicted octanol–water partition coefficient (Wildman–Crippen LogP) is 4.62. The van der Waals surface area contributed by atoms with Crippen LogP contribution in [0, 0.1) is 0 Å². The molecule has 0 saturated carbocycles. The van der Waals surface area contributed by atoms with Crippen LogP contribution in [0.1, 0.15) is 28.3 Å². The van der Waals surface area contributed by atoms with Crippen LogP contribution in [-0.2, 0) is 25.9 Å². The van der Waals surface area contributed by atoms with Crippen LogP contribution in [-0.4, -0.2) is 23.1 Å². The Kier molecular flexibility index (Phi) is 3.26. The van der Waals surface area contributed by atoms with Crippen molar-refractivity contribution in [3.05, 3.63) is 69.9 Å². The van der Waals surface area contributed by atoms with Crippen LogP contribution in [0.25, 0.3) is 10.9 Å². The molecule has 0 bridgehead atoms. The maximum Gasteiger partial charge on any atom is 0.0519 e. The number of nitrogens with zero attached hydrogens (tertiary/aromatic N) is 2. The fourth-order valence-corrected chi connectivity index (χ4v) is 4.86. The lowest BCUT2D eigenvalue weighted by Crippen LogP contribution is -2.28. The van der Waals surface area contributed by atoms with Crippen LogP contribution in [0.15, 0.2) is 42.5 Å². The van der Waals surface area contributed by atoms with Crippen LogP contribution in [0.5, 0.6) is 0 Å². The molecule has 0 fully saturated rings. The van der Waals surface area contributed by atoms with Crippen LogP contribution < -0.4 is 0 Å². The Morgan fingerprint density at radius 3 is 2.79 bits per heavy atom. The fourth-order valence-electron chi connectivity index (χ4n) is 4.62. The van der Waals surface area contributed by atoms with Gasteiger partial charge in [0.15, 0.2) is 0 Å². The first-order chi connectivity index (χ1) is 11.7. The standard InChI is InChI=1S/C21H21ClN2/c1-23-8-7-20-19(13-23)18-11-17(22)10-15-9-16(12-24(20)21(15)18)14-5-3-2-4-6-14/h2-6,10-11,16H,7-9,12-13H2,1H3. The van der Waals surface area contributed by atoms with E-state index in [2.05, 4.69) is 59.0 Å². The Bertz CT molecular complexity index is 926. The molecule has 5 rings (SSSR count). The van der Waals surface area contributed by atoms with E-state index < -0.39 is 0 Å². The summed E-state index contributed by atoms with van der Waals surface area (Å²) >= 11 is 6.49. The number of fused-ring (bicyclic) bond motifs is 3.